The minimum Gasteiger partial charge on any atom is -0.508 e. The zero-order chi connectivity index (χ0) is 13.3. The molecule has 0 bridgehead atoms. The van der Waals surface area contributed by atoms with Crippen LogP contribution in [0.3, 0.4) is 0 Å². The first kappa shape index (κ1) is 12.4. The standard InChI is InChI=1S/C13H15NO4/c1-8-7-9(3-4-10(8)15)11(16)14-13(12(17)18)5-2-6-13/h3-4,7,15H,2,5-6H2,1H3,(H,14,16)(H,17,18). The maximum Gasteiger partial charge on any atom is 0.329 e. The van der Waals surface area contributed by atoms with Crippen molar-refractivity contribution in [1.29, 1.82) is 0 Å². The number of amides is 1. The summed E-state index contributed by atoms with van der Waals surface area (Å²) < 4.78 is 0. The van der Waals surface area contributed by atoms with Crippen molar-refractivity contribution < 1.29 is 19.8 Å². The lowest BCUT2D eigenvalue weighted by Crippen LogP contribution is -2.59. The lowest BCUT2D eigenvalue weighted by Gasteiger charge is -2.38. The number of carbonyl (C=O) groups is 2. The van der Waals surface area contributed by atoms with Gasteiger partial charge in [0, 0.05) is 5.56 Å². The molecule has 2 rings (SSSR count). The van der Waals surface area contributed by atoms with Gasteiger partial charge in [0.2, 0.25) is 0 Å². The third-order valence-electron chi connectivity index (χ3n) is 3.43. The van der Waals surface area contributed by atoms with Crippen LogP contribution in [0.5, 0.6) is 5.75 Å². The number of carboxylic acid groups (broad SMARTS) is 1. The van der Waals surface area contributed by atoms with Gasteiger partial charge < -0.3 is 15.5 Å². The molecule has 3 N–H and O–H groups in total. The summed E-state index contributed by atoms with van der Waals surface area (Å²) in [4.78, 5) is 23.1. The van der Waals surface area contributed by atoms with Gasteiger partial charge in [-0.15, -0.1) is 0 Å². The maximum atomic E-state index is 12.0. The Kier molecular flexibility index (Phi) is 2.98. The van der Waals surface area contributed by atoms with Gasteiger partial charge in [0.1, 0.15) is 11.3 Å². The molecular formula is C13H15NO4. The Morgan fingerprint density at radius 3 is 2.44 bits per heavy atom. The van der Waals surface area contributed by atoms with Gasteiger partial charge in [-0.25, -0.2) is 4.79 Å². The second-order valence-electron chi connectivity index (χ2n) is 4.70. The topological polar surface area (TPSA) is 86.6 Å². The second-order valence-corrected chi connectivity index (χ2v) is 4.70. The predicted molar refractivity (Wildman–Crippen MR) is 64.5 cm³/mol. The third kappa shape index (κ3) is 2.03. The molecule has 1 amide bonds. The van der Waals surface area contributed by atoms with Crippen LogP contribution in [0.25, 0.3) is 0 Å². The first-order valence-electron chi connectivity index (χ1n) is 5.80. The molecule has 5 nitrogen and oxygen atoms in total. The molecule has 1 aliphatic rings. The number of hydrogen-bond acceptors (Lipinski definition) is 3. The first-order valence-corrected chi connectivity index (χ1v) is 5.80. The van der Waals surface area contributed by atoms with Crippen LogP contribution in [0.2, 0.25) is 0 Å². The van der Waals surface area contributed by atoms with Gasteiger partial charge in [-0.05, 0) is 49.9 Å². The second kappa shape index (κ2) is 4.33. The highest BCUT2D eigenvalue weighted by Crippen LogP contribution is 2.32. The van der Waals surface area contributed by atoms with Gasteiger partial charge in [0.25, 0.3) is 5.91 Å². The molecule has 1 fully saturated rings. The quantitative estimate of drug-likeness (QED) is 0.756. The largest absolute Gasteiger partial charge is 0.508 e. The number of benzene rings is 1. The molecule has 0 heterocycles. The van der Waals surface area contributed by atoms with Crippen LogP contribution >= 0.6 is 0 Å². The smallest absolute Gasteiger partial charge is 0.329 e. The number of aliphatic carboxylic acids is 1. The molecule has 0 spiro atoms. The van der Waals surface area contributed by atoms with Gasteiger partial charge in [0.05, 0.1) is 0 Å². The van der Waals surface area contributed by atoms with Crippen LogP contribution in [-0.4, -0.2) is 27.6 Å². The van der Waals surface area contributed by atoms with E-state index < -0.39 is 17.4 Å². The molecule has 96 valence electrons. The minimum atomic E-state index is -1.11. The van der Waals surface area contributed by atoms with E-state index in [1.54, 1.807) is 13.0 Å². The van der Waals surface area contributed by atoms with E-state index in [-0.39, 0.29) is 5.75 Å². The number of phenols is 1. The average molecular weight is 249 g/mol. The molecular weight excluding hydrogens is 234 g/mol. The third-order valence-corrected chi connectivity index (χ3v) is 3.43. The number of aryl methyl sites for hydroxylation is 1. The number of carbonyl (C=O) groups excluding carboxylic acids is 1. The Hall–Kier alpha value is -2.04. The number of aromatic hydroxyl groups is 1. The van der Waals surface area contributed by atoms with Gasteiger partial charge in [0.15, 0.2) is 0 Å². The van der Waals surface area contributed by atoms with Crippen LogP contribution in [0.15, 0.2) is 18.2 Å². The highest BCUT2D eigenvalue weighted by Gasteiger charge is 2.45. The Morgan fingerprint density at radius 1 is 1.33 bits per heavy atom. The first-order chi connectivity index (χ1) is 8.44. The summed E-state index contributed by atoms with van der Waals surface area (Å²) in [6, 6.07) is 4.45. The zero-order valence-corrected chi connectivity index (χ0v) is 10.1. The van der Waals surface area contributed by atoms with Gasteiger partial charge in [-0.2, -0.15) is 0 Å². The monoisotopic (exact) mass is 249 g/mol. The summed E-state index contributed by atoms with van der Waals surface area (Å²) >= 11 is 0. The Bertz CT molecular complexity index is 506. The van der Waals surface area contributed by atoms with Crippen molar-refractivity contribution in [1.82, 2.24) is 5.32 Å². The molecule has 0 aliphatic heterocycles. The van der Waals surface area contributed by atoms with E-state index in [4.69, 9.17) is 5.11 Å². The fourth-order valence-electron chi connectivity index (χ4n) is 2.01. The highest BCUT2D eigenvalue weighted by molar-refractivity contribution is 5.98. The Labute approximate surface area is 104 Å². The van der Waals surface area contributed by atoms with E-state index in [9.17, 15) is 14.7 Å². The fraction of sp³-hybridized carbons (Fsp3) is 0.385. The SMILES string of the molecule is Cc1cc(C(=O)NC2(C(=O)O)CCC2)ccc1O. The Balaban J connectivity index is 2.17. The van der Waals surface area contributed by atoms with Crippen LogP contribution in [-0.2, 0) is 4.79 Å². The molecule has 0 radical (unpaired) electrons. The molecule has 0 unspecified atom stereocenters. The number of carboxylic acids is 1. The molecule has 1 aromatic carbocycles. The number of hydrogen-bond donors (Lipinski definition) is 3. The van der Waals surface area contributed by atoms with Crippen molar-refractivity contribution in [2.45, 2.75) is 31.7 Å². The van der Waals surface area contributed by atoms with Gasteiger partial charge in [-0.3, -0.25) is 4.79 Å². The number of phenolic OH excluding ortho intramolecular Hbond substituents is 1. The minimum absolute atomic E-state index is 0.114. The predicted octanol–water partition coefficient (Wildman–Crippen LogP) is 1.44. The van der Waals surface area contributed by atoms with Crippen molar-refractivity contribution in [3.63, 3.8) is 0 Å². The summed E-state index contributed by atoms with van der Waals surface area (Å²) in [5, 5.41) is 21.1. The normalized spacial score (nSPS) is 16.7. The summed E-state index contributed by atoms with van der Waals surface area (Å²) in [5.41, 5.74) is -0.165. The lowest BCUT2D eigenvalue weighted by molar-refractivity contribution is -0.148. The van der Waals surface area contributed by atoms with Crippen LogP contribution in [0.1, 0.15) is 35.2 Å². The van der Waals surface area contributed by atoms with E-state index >= 15 is 0 Å². The summed E-state index contributed by atoms with van der Waals surface area (Å²) in [6.45, 7) is 1.68. The van der Waals surface area contributed by atoms with E-state index in [0.29, 0.717) is 24.0 Å². The van der Waals surface area contributed by atoms with E-state index in [0.717, 1.165) is 6.42 Å². The van der Waals surface area contributed by atoms with Crippen molar-refractivity contribution in [2.75, 3.05) is 0 Å². The molecule has 0 aromatic heterocycles. The van der Waals surface area contributed by atoms with Gasteiger partial charge in [-0.1, -0.05) is 0 Å². The molecule has 5 heteroatoms. The highest BCUT2D eigenvalue weighted by atomic mass is 16.4. The van der Waals surface area contributed by atoms with Crippen molar-refractivity contribution in [3.8, 4) is 5.75 Å². The van der Waals surface area contributed by atoms with Crippen molar-refractivity contribution >= 4 is 11.9 Å². The summed E-state index contributed by atoms with van der Waals surface area (Å²) in [7, 11) is 0. The zero-order valence-electron chi connectivity index (χ0n) is 10.1. The molecule has 1 saturated carbocycles. The van der Waals surface area contributed by atoms with E-state index in [1.807, 2.05) is 0 Å². The van der Waals surface area contributed by atoms with E-state index in [1.165, 1.54) is 12.1 Å². The van der Waals surface area contributed by atoms with Crippen LogP contribution in [0, 0.1) is 6.92 Å². The number of rotatable bonds is 3. The summed E-state index contributed by atoms with van der Waals surface area (Å²) in [5.74, 6) is -1.29. The molecule has 0 atom stereocenters. The summed E-state index contributed by atoms with van der Waals surface area (Å²) in [6.07, 6.45) is 1.73. The number of nitrogens with one attached hydrogen (secondary N) is 1. The van der Waals surface area contributed by atoms with E-state index in [2.05, 4.69) is 5.32 Å². The molecule has 18 heavy (non-hydrogen) atoms. The Morgan fingerprint density at radius 2 is 2.00 bits per heavy atom. The molecule has 1 aliphatic carbocycles. The molecule has 1 aromatic rings. The average Bonchev–Trinajstić information content (AvgIpc) is 2.26. The van der Waals surface area contributed by atoms with Crippen molar-refractivity contribution in [3.05, 3.63) is 29.3 Å². The van der Waals surface area contributed by atoms with Crippen molar-refractivity contribution in [2.24, 2.45) is 0 Å². The molecule has 0 saturated heterocycles. The van der Waals surface area contributed by atoms with Crippen LogP contribution in [0.4, 0.5) is 0 Å². The fourth-order valence-corrected chi connectivity index (χ4v) is 2.01. The maximum absolute atomic E-state index is 12.0. The van der Waals surface area contributed by atoms with Crippen LogP contribution < -0.4 is 5.32 Å². The lowest BCUT2D eigenvalue weighted by atomic mass is 9.76. The van der Waals surface area contributed by atoms with Gasteiger partial charge >= 0.3 is 5.97 Å².